The first-order chi connectivity index (χ1) is 24.7. The second kappa shape index (κ2) is 13.3. The van der Waals surface area contributed by atoms with E-state index >= 15 is 0 Å². The van der Waals surface area contributed by atoms with E-state index in [-0.39, 0.29) is 42.7 Å². The number of ketones is 1. The maximum atomic E-state index is 14.4. The van der Waals surface area contributed by atoms with Crippen LogP contribution >= 0.6 is 0 Å². The van der Waals surface area contributed by atoms with E-state index in [0.717, 1.165) is 22.9 Å². The van der Waals surface area contributed by atoms with Crippen LogP contribution in [0, 0.1) is 19.3 Å². The first-order valence-electron chi connectivity index (χ1n) is 17.2. The number of piperidine rings is 1. The number of hydrogen-bond acceptors (Lipinski definition) is 8. The molecule has 270 valence electrons. The number of benzene rings is 1. The third-order valence-corrected chi connectivity index (χ3v) is 10.2. The van der Waals surface area contributed by atoms with Crippen molar-refractivity contribution in [2.75, 3.05) is 11.9 Å². The van der Waals surface area contributed by atoms with Gasteiger partial charge >= 0.3 is 6.18 Å². The molecule has 1 aromatic carbocycles. The average Bonchev–Trinajstić information content (AvgIpc) is 3.50. The summed E-state index contributed by atoms with van der Waals surface area (Å²) in [7, 11) is 0. The number of nitrogens with zero attached hydrogens (tertiary/aromatic N) is 6. The summed E-state index contributed by atoms with van der Waals surface area (Å²) in [6, 6.07) is 4.36. The van der Waals surface area contributed by atoms with E-state index in [1.807, 2.05) is 31.2 Å². The Balaban J connectivity index is 1.29. The number of Topliss-reactive ketones (excluding diaryl/α,β-unsaturated/α-hetero) is 1. The van der Waals surface area contributed by atoms with Crippen LogP contribution in [-0.2, 0) is 33.5 Å². The highest BCUT2D eigenvalue weighted by molar-refractivity contribution is 6.07. The Bertz CT molecular complexity index is 2140. The second-order valence-electron chi connectivity index (χ2n) is 13.9. The minimum absolute atomic E-state index is 0.141. The summed E-state index contributed by atoms with van der Waals surface area (Å²) in [6.07, 6.45) is 5.28. The number of rotatable bonds is 4. The van der Waals surface area contributed by atoms with Crippen LogP contribution < -0.4 is 10.6 Å². The number of hydrogen-bond donors (Lipinski definition) is 2. The Labute approximate surface area is 296 Å². The van der Waals surface area contributed by atoms with Crippen molar-refractivity contribution in [2.45, 2.75) is 84.1 Å². The standard InChI is InChI=1S/C37H37F3N8O4/c1-20-10-11-28(37(38,39)40)44-34(20)45-35(52)27-14-36-15-29(36)48(27)31(51)18-47-33-23(8-6-4-5-7-9-30(50)43-19-36)12-24(26-17-41-21(2)16-42-26)13-25(33)32(46-47)22(3)49/h4,6,10-13,16-17,27,29H,5,7-9,14-15,18-19H2,1-3H3,(H,43,50)(H,44,45,52)/b6-4+/t27-,29+,36-/m0/s1. The summed E-state index contributed by atoms with van der Waals surface area (Å²) in [6.45, 7) is 4.70. The van der Waals surface area contributed by atoms with Gasteiger partial charge in [-0.15, -0.1) is 0 Å². The van der Waals surface area contributed by atoms with Gasteiger partial charge in [-0.1, -0.05) is 18.2 Å². The van der Waals surface area contributed by atoms with E-state index in [4.69, 9.17) is 0 Å². The van der Waals surface area contributed by atoms with Crippen molar-refractivity contribution in [1.82, 2.24) is 34.9 Å². The second-order valence-corrected chi connectivity index (χ2v) is 13.9. The third-order valence-electron chi connectivity index (χ3n) is 10.2. The number of allylic oxidation sites excluding steroid dienone is 2. The van der Waals surface area contributed by atoms with Crippen molar-refractivity contribution < 1.29 is 32.3 Å². The highest BCUT2D eigenvalue weighted by atomic mass is 19.4. The quantitative estimate of drug-likeness (QED) is 0.218. The zero-order valence-electron chi connectivity index (χ0n) is 28.9. The molecule has 3 atom stereocenters. The van der Waals surface area contributed by atoms with Gasteiger partial charge in [-0.25, -0.2) is 4.98 Å². The first kappa shape index (κ1) is 35.0. The molecule has 1 saturated heterocycles. The Hall–Kier alpha value is -5.47. The lowest BCUT2D eigenvalue weighted by Crippen LogP contribution is -2.47. The van der Waals surface area contributed by atoms with Gasteiger partial charge in [-0.3, -0.25) is 33.8 Å². The van der Waals surface area contributed by atoms with Crippen LogP contribution in [-0.4, -0.2) is 71.8 Å². The fourth-order valence-electron chi connectivity index (χ4n) is 7.39. The molecule has 7 rings (SSSR count). The van der Waals surface area contributed by atoms with E-state index in [1.54, 1.807) is 12.4 Å². The number of nitrogens with one attached hydrogen (secondary N) is 2. The largest absolute Gasteiger partial charge is 0.433 e. The fraction of sp³-hybridized carbons (Fsp3) is 0.405. The molecule has 3 aliphatic rings. The van der Waals surface area contributed by atoms with Crippen LogP contribution in [0.25, 0.3) is 22.2 Å². The number of aryl methyl sites for hydroxylation is 2. The molecular weight excluding hydrogens is 677 g/mol. The Morgan fingerprint density at radius 2 is 1.87 bits per heavy atom. The molecule has 12 nitrogen and oxygen atoms in total. The minimum Gasteiger partial charge on any atom is -0.355 e. The number of pyridine rings is 1. The van der Waals surface area contributed by atoms with E-state index < -0.39 is 41.2 Å². The van der Waals surface area contributed by atoms with Crippen molar-refractivity contribution >= 4 is 40.2 Å². The molecule has 52 heavy (non-hydrogen) atoms. The summed E-state index contributed by atoms with van der Waals surface area (Å²) in [5.74, 6) is -1.83. The molecule has 3 amide bonds. The number of aromatic nitrogens is 5. The Morgan fingerprint density at radius 1 is 1.06 bits per heavy atom. The molecular formula is C37H37F3N8O4. The molecule has 1 saturated carbocycles. The van der Waals surface area contributed by atoms with E-state index in [9.17, 15) is 32.3 Å². The SMILES string of the molecule is CC(=O)c1nn2c3c(cc(-c4cnc(C)cn4)cc13)C/C=C/CCCC(=O)NC[C@@]13C[C@@H](C(=O)Nc4nc(C(F)(F)F)ccc4C)N(C(=O)C2)[C@@H]1C3. The minimum atomic E-state index is -4.72. The van der Waals surface area contributed by atoms with Crippen molar-refractivity contribution in [3.8, 4) is 11.3 Å². The molecule has 0 radical (unpaired) electrons. The van der Waals surface area contributed by atoms with Gasteiger partial charge in [0.1, 0.15) is 29.8 Å². The number of halogens is 3. The summed E-state index contributed by atoms with van der Waals surface area (Å²) in [4.78, 5) is 68.1. The smallest absolute Gasteiger partial charge is 0.355 e. The van der Waals surface area contributed by atoms with Crippen LogP contribution in [0.4, 0.5) is 19.0 Å². The van der Waals surface area contributed by atoms with Crippen LogP contribution in [0.1, 0.15) is 72.0 Å². The predicted octanol–water partition coefficient (Wildman–Crippen LogP) is 5.12. The summed E-state index contributed by atoms with van der Waals surface area (Å²) >= 11 is 0. The topological polar surface area (TPSA) is 152 Å². The molecule has 15 heteroatoms. The lowest BCUT2D eigenvalue weighted by atomic mass is 9.98. The van der Waals surface area contributed by atoms with Crippen LogP contribution in [0.2, 0.25) is 0 Å². The van der Waals surface area contributed by atoms with Crippen molar-refractivity contribution in [1.29, 1.82) is 0 Å². The average molecular weight is 715 g/mol. The summed E-state index contributed by atoms with van der Waals surface area (Å²) in [5.41, 5.74) is 2.19. The molecule has 5 heterocycles. The highest BCUT2D eigenvalue weighted by Crippen LogP contribution is 2.59. The summed E-state index contributed by atoms with van der Waals surface area (Å²) in [5, 5.41) is 10.7. The molecule has 2 fully saturated rings. The molecule has 2 bridgehead atoms. The Morgan fingerprint density at radius 3 is 2.60 bits per heavy atom. The molecule has 1 aliphatic carbocycles. The van der Waals surface area contributed by atoms with E-state index in [2.05, 4.69) is 30.7 Å². The Kier molecular flexibility index (Phi) is 8.91. The molecule has 4 aromatic rings. The van der Waals surface area contributed by atoms with Gasteiger partial charge in [0.2, 0.25) is 17.7 Å². The number of carbonyl (C=O) groups excluding carboxylic acids is 4. The van der Waals surface area contributed by atoms with E-state index in [0.29, 0.717) is 54.3 Å². The predicted molar refractivity (Wildman–Crippen MR) is 184 cm³/mol. The number of carbonyl (C=O) groups is 4. The van der Waals surface area contributed by atoms with Crippen molar-refractivity contribution in [2.24, 2.45) is 5.41 Å². The third kappa shape index (κ3) is 6.66. The van der Waals surface area contributed by atoms with Gasteiger partial charge in [0.25, 0.3) is 0 Å². The number of amides is 3. The monoisotopic (exact) mass is 714 g/mol. The first-order valence-corrected chi connectivity index (χ1v) is 17.2. The lowest BCUT2D eigenvalue weighted by molar-refractivity contribution is -0.141. The number of alkyl halides is 3. The molecule has 0 spiro atoms. The highest BCUT2D eigenvalue weighted by Gasteiger charge is 2.67. The van der Waals surface area contributed by atoms with Crippen molar-refractivity contribution in [3.63, 3.8) is 0 Å². The molecule has 2 N–H and O–H groups in total. The molecule has 0 unspecified atom stereocenters. The van der Waals surface area contributed by atoms with Gasteiger partial charge in [0.05, 0.1) is 23.1 Å². The zero-order valence-corrected chi connectivity index (χ0v) is 28.9. The zero-order chi connectivity index (χ0) is 36.9. The number of anilines is 1. The van der Waals surface area contributed by atoms with Gasteiger partial charge < -0.3 is 15.5 Å². The van der Waals surface area contributed by atoms with Crippen LogP contribution in [0.3, 0.4) is 0 Å². The van der Waals surface area contributed by atoms with Gasteiger partial charge in [0, 0.05) is 48.5 Å². The molecule has 3 aromatic heterocycles. The van der Waals surface area contributed by atoms with Crippen molar-refractivity contribution in [3.05, 3.63) is 77.0 Å². The molecule has 2 aliphatic heterocycles. The van der Waals surface area contributed by atoms with Gasteiger partial charge in [-0.2, -0.15) is 18.3 Å². The van der Waals surface area contributed by atoms with Crippen LogP contribution in [0.15, 0.2) is 48.8 Å². The maximum Gasteiger partial charge on any atom is 0.433 e. The lowest BCUT2D eigenvalue weighted by Gasteiger charge is -2.27. The van der Waals surface area contributed by atoms with Gasteiger partial charge in [0.15, 0.2) is 5.78 Å². The van der Waals surface area contributed by atoms with Gasteiger partial charge in [-0.05, 0) is 75.3 Å². The summed E-state index contributed by atoms with van der Waals surface area (Å²) < 4.78 is 42.0. The normalized spacial score (nSPS) is 22.8. The van der Waals surface area contributed by atoms with E-state index in [1.165, 1.54) is 29.5 Å². The fourth-order valence-corrected chi connectivity index (χ4v) is 7.39. The van der Waals surface area contributed by atoms with Crippen LogP contribution in [0.5, 0.6) is 0 Å². The maximum absolute atomic E-state index is 14.4.